The van der Waals surface area contributed by atoms with Gasteiger partial charge >= 0.3 is 0 Å². The number of carbonyl (C=O) groups is 1. The number of aryl methyl sites for hydroxylation is 1. The van der Waals surface area contributed by atoms with Gasteiger partial charge in [-0.1, -0.05) is 0 Å². The van der Waals surface area contributed by atoms with Crippen LogP contribution in [0.3, 0.4) is 0 Å². The number of benzene rings is 2. The van der Waals surface area contributed by atoms with Crippen LogP contribution < -0.4 is 14.8 Å². The van der Waals surface area contributed by atoms with E-state index in [1.165, 1.54) is 16.4 Å². The fourth-order valence-corrected chi connectivity index (χ4v) is 6.49. The van der Waals surface area contributed by atoms with Gasteiger partial charge in [-0.05, 0) is 50.1 Å². The second kappa shape index (κ2) is 7.77. The molecule has 0 aliphatic carbocycles. The Hall–Kier alpha value is -2.69. The van der Waals surface area contributed by atoms with Gasteiger partial charge in [0.1, 0.15) is 19.3 Å². The van der Waals surface area contributed by atoms with Crippen LogP contribution in [0.25, 0.3) is 10.2 Å². The average molecular weight is 460 g/mol. The first-order valence-electron chi connectivity index (χ1n) is 10.0. The molecule has 1 N–H and O–H groups in total. The van der Waals surface area contributed by atoms with Gasteiger partial charge in [-0.3, -0.25) is 4.79 Å². The second-order valence-corrected chi connectivity index (χ2v) is 10.6. The number of hydrogen-bond acceptors (Lipinski definition) is 7. The number of hydrogen-bond donors (Lipinski definition) is 1. The van der Waals surface area contributed by atoms with Gasteiger partial charge in [-0.15, -0.1) is 11.3 Å². The molecule has 2 aliphatic heterocycles. The molecule has 5 rings (SSSR count). The Balaban J connectivity index is 1.38. The molecular weight excluding hydrogens is 438 g/mol. The predicted octanol–water partition coefficient (Wildman–Crippen LogP) is 3.17. The lowest BCUT2D eigenvalue weighted by Gasteiger charge is -2.24. The third-order valence-electron chi connectivity index (χ3n) is 5.39. The Morgan fingerprint density at radius 2 is 1.97 bits per heavy atom. The van der Waals surface area contributed by atoms with E-state index in [1.54, 1.807) is 23.5 Å². The SMILES string of the molecule is Cc1nc2ccc(NC(=O)C3CCCN3S(=O)(=O)c3ccc4c(c3)OCCO4)cc2s1. The van der Waals surface area contributed by atoms with E-state index in [-0.39, 0.29) is 10.8 Å². The number of fused-ring (bicyclic) bond motifs is 2. The van der Waals surface area contributed by atoms with E-state index in [9.17, 15) is 13.2 Å². The molecule has 162 valence electrons. The number of sulfonamides is 1. The van der Waals surface area contributed by atoms with Gasteiger partial charge < -0.3 is 14.8 Å². The van der Waals surface area contributed by atoms with E-state index in [0.717, 1.165) is 15.2 Å². The van der Waals surface area contributed by atoms with Gasteiger partial charge in [0.15, 0.2) is 11.5 Å². The van der Waals surface area contributed by atoms with Crippen LogP contribution in [0.15, 0.2) is 41.3 Å². The van der Waals surface area contributed by atoms with Gasteiger partial charge in [-0.2, -0.15) is 4.31 Å². The Morgan fingerprint density at radius 1 is 1.16 bits per heavy atom. The molecule has 1 atom stereocenters. The molecule has 1 saturated heterocycles. The minimum atomic E-state index is -3.86. The van der Waals surface area contributed by atoms with Crippen LogP contribution in [-0.2, 0) is 14.8 Å². The summed E-state index contributed by atoms with van der Waals surface area (Å²) in [6, 6.07) is 9.30. The van der Waals surface area contributed by atoms with Crippen molar-refractivity contribution in [1.29, 1.82) is 0 Å². The predicted molar refractivity (Wildman–Crippen MR) is 117 cm³/mol. The van der Waals surface area contributed by atoms with E-state index >= 15 is 0 Å². The molecule has 1 unspecified atom stereocenters. The van der Waals surface area contributed by atoms with Crippen molar-refractivity contribution < 1.29 is 22.7 Å². The van der Waals surface area contributed by atoms with Crippen molar-refractivity contribution in [3.8, 4) is 11.5 Å². The van der Waals surface area contributed by atoms with Crippen molar-refractivity contribution in [1.82, 2.24) is 9.29 Å². The number of thiazole rings is 1. The molecular formula is C21H21N3O5S2. The normalized spacial score (nSPS) is 18.9. The Labute approximate surface area is 183 Å². The molecule has 8 nitrogen and oxygen atoms in total. The van der Waals surface area contributed by atoms with Crippen molar-refractivity contribution in [2.75, 3.05) is 25.1 Å². The van der Waals surface area contributed by atoms with Crippen molar-refractivity contribution in [2.45, 2.75) is 30.7 Å². The zero-order valence-corrected chi connectivity index (χ0v) is 18.5. The van der Waals surface area contributed by atoms with E-state index in [0.29, 0.717) is 49.8 Å². The third-order valence-corrected chi connectivity index (χ3v) is 8.23. The molecule has 0 saturated carbocycles. The lowest BCUT2D eigenvalue weighted by molar-refractivity contribution is -0.119. The highest BCUT2D eigenvalue weighted by molar-refractivity contribution is 7.89. The molecule has 10 heteroatoms. The summed E-state index contributed by atoms with van der Waals surface area (Å²) in [6.07, 6.45) is 1.09. The van der Waals surface area contributed by atoms with Gasteiger partial charge in [0.05, 0.1) is 20.1 Å². The van der Waals surface area contributed by atoms with Crippen LogP contribution in [0.1, 0.15) is 17.8 Å². The van der Waals surface area contributed by atoms with Crippen LogP contribution in [0, 0.1) is 6.92 Å². The summed E-state index contributed by atoms with van der Waals surface area (Å²) >= 11 is 1.55. The monoisotopic (exact) mass is 459 g/mol. The number of carbonyl (C=O) groups excluding carboxylic acids is 1. The standard InChI is InChI=1S/C21H21N3O5S2/c1-13-22-16-6-4-14(11-20(16)30-13)23-21(25)17-3-2-8-24(17)31(26,27)15-5-7-18-19(12-15)29-10-9-28-18/h4-7,11-12,17H,2-3,8-10H2,1H3,(H,23,25). The molecule has 0 spiro atoms. The number of amides is 1. The molecule has 2 aliphatic rings. The van der Waals surface area contributed by atoms with Gasteiger partial charge in [-0.25, -0.2) is 13.4 Å². The maximum atomic E-state index is 13.3. The van der Waals surface area contributed by atoms with Crippen LogP contribution in [0.2, 0.25) is 0 Å². The largest absolute Gasteiger partial charge is 0.486 e. The zero-order valence-electron chi connectivity index (χ0n) is 16.8. The first-order valence-corrected chi connectivity index (χ1v) is 12.3. The van der Waals surface area contributed by atoms with Crippen molar-refractivity contribution in [3.05, 3.63) is 41.4 Å². The first kappa shape index (κ1) is 20.2. The lowest BCUT2D eigenvalue weighted by Crippen LogP contribution is -2.43. The van der Waals surface area contributed by atoms with Crippen LogP contribution in [0.5, 0.6) is 11.5 Å². The lowest BCUT2D eigenvalue weighted by atomic mass is 10.2. The molecule has 1 aromatic heterocycles. The smallest absolute Gasteiger partial charge is 0.243 e. The Kier molecular flexibility index (Phi) is 5.07. The first-order chi connectivity index (χ1) is 14.9. The van der Waals surface area contributed by atoms with E-state index in [1.807, 2.05) is 19.1 Å². The molecule has 31 heavy (non-hydrogen) atoms. The molecule has 0 bridgehead atoms. The van der Waals surface area contributed by atoms with Crippen LogP contribution >= 0.6 is 11.3 Å². The van der Waals surface area contributed by atoms with Gasteiger partial charge in [0.2, 0.25) is 15.9 Å². The Morgan fingerprint density at radius 3 is 2.81 bits per heavy atom. The van der Waals surface area contributed by atoms with Crippen molar-refractivity contribution >= 4 is 43.2 Å². The minimum Gasteiger partial charge on any atom is -0.486 e. The highest BCUT2D eigenvalue weighted by atomic mass is 32.2. The van der Waals surface area contributed by atoms with Gasteiger partial charge in [0.25, 0.3) is 0 Å². The van der Waals surface area contributed by atoms with E-state index in [2.05, 4.69) is 10.3 Å². The third kappa shape index (κ3) is 3.75. The molecule has 1 fully saturated rings. The second-order valence-electron chi connectivity index (χ2n) is 7.48. The fourth-order valence-electron chi connectivity index (χ4n) is 3.95. The number of rotatable bonds is 4. The van der Waals surface area contributed by atoms with E-state index < -0.39 is 16.1 Å². The van der Waals surface area contributed by atoms with Crippen molar-refractivity contribution in [3.63, 3.8) is 0 Å². The van der Waals surface area contributed by atoms with E-state index in [4.69, 9.17) is 9.47 Å². The topological polar surface area (TPSA) is 97.8 Å². The fraction of sp³-hybridized carbons (Fsp3) is 0.333. The summed E-state index contributed by atoms with van der Waals surface area (Å²) in [5.74, 6) is 0.592. The van der Waals surface area contributed by atoms with Crippen LogP contribution in [0.4, 0.5) is 5.69 Å². The summed E-state index contributed by atoms with van der Waals surface area (Å²) in [5, 5.41) is 3.83. The molecule has 3 aromatic rings. The van der Waals surface area contributed by atoms with Gasteiger partial charge in [0, 0.05) is 18.3 Å². The number of aromatic nitrogens is 1. The summed E-state index contributed by atoms with van der Waals surface area (Å²) in [5.41, 5.74) is 1.51. The summed E-state index contributed by atoms with van der Waals surface area (Å²) in [7, 11) is -3.86. The summed E-state index contributed by atoms with van der Waals surface area (Å²) in [4.78, 5) is 17.5. The maximum Gasteiger partial charge on any atom is 0.243 e. The molecule has 0 radical (unpaired) electrons. The number of nitrogens with one attached hydrogen (secondary N) is 1. The number of nitrogens with zero attached hydrogens (tertiary/aromatic N) is 2. The zero-order chi connectivity index (χ0) is 21.6. The summed E-state index contributed by atoms with van der Waals surface area (Å²) < 4.78 is 39.9. The minimum absolute atomic E-state index is 0.0954. The maximum absolute atomic E-state index is 13.3. The number of anilines is 1. The quantitative estimate of drug-likeness (QED) is 0.644. The number of ether oxygens (including phenoxy) is 2. The summed E-state index contributed by atoms with van der Waals surface area (Å²) in [6.45, 7) is 3.03. The average Bonchev–Trinajstić information content (AvgIpc) is 3.39. The highest BCUT2D eigenvalue weighted by Gasteiger charge is 2.40. The highest BCUT2D eigenvalue weighted by Crippen LogP contribution is 2.35. The van der Waals surface area contributed by atoms with Crippen LogP contribution in [-0.4, -0.2) is 49.4 Å². The molecule has 3 heterocycles. The van der Waals surface area contributed by atoms with Crippen molar-refractivity contribution in [2.24, 2.45) is 0 Å². The Bertz CT molecular complexity index is 1270. The molecule has 2 aromatic carbocycles. The molecule has 1 amide bonds.